The van der Waals surface area contributed by atoms with Gasteiger partial charge < -0.3 is 10.4 Å². The first-order chi connectivity index (χ1) is 7.52. The van der Waals surface area contributed by atoms with Gasteiger partial charge in [-0.2, -0.15) is 0 Å². The highest BCUT2D eigenvalue weighted by atomic mass is 35.5. The summed E-state index contributed by atoms with van der Waals surface area (Å²) in [5, 5.41) is 13.6. The van der Waals surface area contributed by atoms with Crippen molar-refractivity contribution in [1.29, 1.82) is 0 Å². The van der Waals surface area contributed by atoms with Crippen LogP contribution in [0.3, 0.4) is 0 Å². The minimum Gasteiger partial charge on any atom is -0.396 e. The molecule has 4 heteroatoms. The van der Waals surface area contributed by atoms with E-state index < -0.39 is 0 Å². The quantitative estimate of drug-likeness (QED) is 0.854. The number of rotatable bonds is 5. The van der Waals surface area contributed by atoms with Crippen molar-refractivity contribution in [3.63, 3.8) is 0 Å². The number of benzene rings is 1. The van der Waals surface area contributed by atoms with Gasteiger partial charge in [-0.25, -0.2) is 0 Å². The van der Waals surface area contributed by atoms with Crippen LogP contribution in [0.4, 0.5) is 0 Å². The van der Waals surface area contributed by atoms with Gasteiger partial charge in [-0.05, 0) is 36.6 Å². The second-order valence-corrected chi connectivity index (χ2v) is 4.98. The molecular formula is C12H17Cl2NO. The van der Waals surface area contributed by atoms with E-state index in [-0.39, 0.29) is 18.6 Å². The van der Waals surface area contributed by atoms with Gasteiger partial charge in [0.25, 0.3) is 0 Å². The second-order valence-electron chi connectivity index (χ2n) is 4.11. The summed E-state index contributed by atoms with van der Waals surface area (Å²) < 4.78 is 0. The molecule has 90 valence electrons. The third kappa shape index (κ3) is 4.30. The van der Waals surface area contributed by atoms with Crippen molar-refractivity contribution in [2.45, 2.75) is 26.4 Å². The maximum atomic E-state index is 9.01. The molecule has 16 heavy (non-hydrogen) atoms. The summed E-state index contributed by atoms with van der Waals surface area (Å²) in [6, 6.07) is 5.74. The Labute approximate surface area is 107 Å². The zero-order valence-electron chi connectivity index (χ0n) is 9.50. The Bertz CT molecular complexity index is 324. The zero-order valence-corrected chi connectivity index (χ0v) is 11.0. The smallest absolute Gasteiger partial charge is 0.0471 e. The van der Waals surface area contributed by atoms with Crippen LogP contribution in [0, 0.1) is 5.92 Å². The van der Waals surface area contributed by atoms with Crippen molar-refractivity contribution in [3.8, 4) is 0 Å². The molecule has 2 atom stereocenters. The summed E-state index contributed by atoms with van der Waals surface area (Å²) in [6.45, 7) is 4.94. The van der Waals surface area contributed by atoms with Gasteiger partial charge in [0.15, 0.2) is 0 Å². The van der Waals surface area contributed by atoms with Crippen LogP contribution < -0.4 is 5.32 Å². The van der Waals surface area contributed by atoms with Crippen LogP contribution in [0.1, 0.15) is 19.4 Å². The first kappa shape index (κ1) is 13.8. The molecule has 2 nitrogen and oxygen atoms in total. The van der Waals surface area contributed by atoms with Crippen molar-refractivity contribution in [2.24, 2.45) is 5.92 Å². The minimum atomic E-state index is 0.185. The molecule has 0 aliphatic rings. The Morgan fingerprint density at radius 2 is 1.75 bits per heavy atom. The van der Waals surface area contributed by atoms with Crippen LogP contribution in [0.15, 0.2) is 18.2 Å². The van der Waals surface area contributed by atoms with Crippen LogP contribution in [-0.2, 0) is 6.54 Å². The predicted molar refractivity (Wildman–Crippen MR) is 69.0 cm³/mol. The Kier molecular flexibility index (Phi) is 5.56. The van der Waals surface area contributed by atoms with E-state index in [1.54, 1.807) is 6.07 Å². The summed E-state index contributed by atoms with van der Waals surface area (Å²) in [5.74, 6) is 0.231. The Morgan fingerprint density at radius 1 is 1.19 bits per heavy atom. The molecule has 1 aromatic rings. The van der Waals surface area contributed by atoms with E-state index in [1.165, 1.54) is 0 Å². The topological polar surface area (TPSA) is 32.3 Å². The first-order valence-electron chi connectivity index (χ1n) is 5.32. The fourth-order valence-corrected chi connectivity index (χ4v) is 1.92. The summed E-state index contributed by atoms with van der Waals surface area (Å²) in [4.78, 5) is 0. The molecule has 0 bridgehead atoms. The highest BCUT2D eigenvalue weighted by Gasteiger charge is 2.10. The predicted octanol–water partition coefficient (Wildman–Crippen LogP) is 3.10. The van der Waals surface area contributed by atoms with Crippen LogP contribution >= 0.6 is 23.2 Å². The molecule has 0 spiro atoms. The van der Waals surface area contributed by atoms with Gasteiger partial charge in [-0.1, -0.05) is 30.1 Å². The molecule has 1 aromatic carbocycles. The normalized spacial score (nSPS) is 14.8. The molecule has 0 fully saturated rings. The molecule has 0 saturated heterocycles. The lowest BCUT2D eigenvalue weighted by atomic mass is 10.0. The molecule has 0 aliphatic carbocycles. The molecule has 0 aromatic heterocycles. The Balaban J connectivity index is 2.54. The highest BCUT2D eigenvalue weighted by molar-refractivity contribution is 6.34. The summed E-state index contributed by atoms with van der Waals surface area (Å²) in [7, 11) is 0. The Morgan fingerprint density at radius 3 is 2.25 bits per heavy atom. The molecule has 2 unspecified atom stereocenters. The highest BCUT2D eigenvalue weighted by Crippen LogP contribution is 2.19. The minimum absolute atomic E-state index is 0.185. The van der Waals surface area contributed by atoms with Crippen LogP contribution in [0.2, 0.25) is 10.0 Å². The first-order valence-corrected chi connectivity index (χ1v) is 6.07. The average molecular weight is 262 g/mol. The third-order valence-electron chi connectivity index (χ3n) is 2.69. The van der Waals surface area contributed by atoms with Gasteiger partial charge >= 0.3 is 0 Å². The second kappa shape index (κ2) is 6.45. The fourth-order valence-electron chi connectivity index (χ4n) is 1.35. The fraction of sp³-hybridized carbons (Fsp3) is 0.500. The molecule has 0 amide bonds. The SMILES string of the molecule is CC(CO)C(C)NCc1cc(Cl)cc(Cl)c1. The standard InChI is InChI=1S/C12H17Cl2NO/c1-8(7-16)9(2)15-6-10-3-11(13)5-12(14)4-10/h3-5,8-9,15-16H,6-7H2,1-2H3. The molecule has 0 radical (unpaired) electrons. The number of hydrogen-bond acceptors (Lipinski definition) is 2. The third-order valence-corrected chi connectivity index (χ3v) is 3.13. The number of aliphatic hydroxyl groups excluding tert-OH is 1. The number of aliphatic hydroxyl groups is 1. The van der Waals surface area contributed by atoms with E-state index in [0.29, 0.717) is 16.6 Å². The molecule has 0 aliphatic heterocycles. The largest absolute Gasteiger partial charge is 0.396 e. The van der Waals surface area contributed by atoms with Gasteiger partial charge in [0.05, 0.1) is 0 Å². The maximum absolute atomic E-state index is 9.01. The Hall–Kier alpha value is -0.280. The zero-order chi connectivity index (χ0) is 12.1. The maximum Gasteiger partial charge on any atom is 0.0471 e. The molecule has 2 N–H and O–H groups in total. The van der Waals surface area contributed by atoms with Gasteiger partial charge in [0, 0.05) is 29.2 Å². The van der Waals surface area contributed by atoms with E-state index >= 15 is 0 Å². The number of nitrogens with one attached hydrogen (secondary N) is 1. The van der Waals surface area contributed by atoms with E-state index in [0.717, 1.165) is 5.56 Å². The lowest BCUT2D eigenvalue weighted by Gasteiger charge is -2.19. The molecular weight excluding hydrogens is 245 g/mol. The van der Waals surface area contributed by atoms with Crippen molar-refractivity contribution in [1.82, 2.24) is 5.32 Å². The molecule has 0 saturated carbocycles. The van der Waals surface area contributed by atoms with E-state index in [2.05, 4.69) is 5.32 Å². The lowest BCUT2D eigenvalue weighted by Crippen LogP contribution is -2.33. The van der Waals surface area contributed by atoms with Gasteiger partial charge in [-0.15, -0.1) is 0 Å². The summed E-state index contributed by atoms with van der Waals surface area (Å²) in [5.41, 5.74) is 1.05. The van der Waals surface area contributed by atoms with Crippen molar-refractivity contribution in [3.05, 3.63) is 33.8 Å². The average Bonchev–Trinajstić information content (AvgIpc) is 2.23. The summed E-state index contributed by atoms with van der Waals surface area (Å²) in [6.07, 6.45) is 0. The monoisotopic (exact) mass is 261 g/mol. The van der Waals surface area contributed by atoms with E-state index in [1.807, 2.05) is 26.0 Å². The van der Waals surface area contributed by atoms with Crippen LogP contribution in [0.5, 0.6) is 0 Å². The van der Waals surface area contributed by atoms with Crippen molar-refractivity contribution in [2.75, 3.05) is 6.61 Å². The molecule has 1 rings (SSSR count). The van der Waals surface area contributed by atoms with E-state index in [9.17, 15) is 0 Å². The van der Waals surface area contributed by atoms with Gasteiger partial charge in [-0.3, -0.25) is 0 Å². The van der Waals surface area contributed by atoms with Gasteiger partial charge in [0.1, 0.15) is 0 Å². The van der Waals surface area contributed by atoms with Crippen LogP contribution in [0.25, 0.3) is 0 Å². The number of hydrogen-bond donors (Lipinski definition) is 2. The van der Waals surface area contributed by atoms with Crippen LogP contribution in [-0.4, -0.2) is 17.8 Å². The van der Waals surface area contributed by atoms with Gasteiger partial charge in [0.2, 0.25) is 0 Å². The summed E-state index contributed by atoms with van der Waals surface area (Å²) >= 11 is 11.8. The number of halogens is 2. The molecule has 0 heterocycles. The van der Waals surface area contributed by atoms with E-state index in [4.69, 9.17) is 28.3 Å². The lowest BCUT2D eigenvalue weighted by molar-refractivity contribution is 0.207. The van der Waals surface area contributed by atoms with Crippen molar-refractivity contribution < 1.29 is 5.11 Å². The van der Waals surface area contributed by atoms with Crippen molar-refractivity contribution >= 4 is 23.2 Å².